The van der Waals surface area contributed by atoms with Crippen molar-refractivity contribution in [3.63, 3.8) is 0 Å². The Bertz CT molecular complexity index is 952. The van der Waals surface area contributed by atoms with Crippen molar-refractivity contribution in [2.45, 2.75) is 64.4 Å². The van der Waals surface area contributed by atoms with E-state index in [1.165, 1.54) is 0 Å². The highest BCUT2D eigenvalue weighted by molar-refractivity contribution is 5.74. The van der Waals surface area contributed by atoms with E-state index in [1.807, 2.05) is 30.3 Å². The zero-order valence-electron chi connectivity index (χ0n) is 22.3. The van der Waals surface area contributed by atoms with Crippen LogP contribution in [0.25, 0.3) is 0 Å². The molecule has 0 aliphatic heterocycles. The number of hydrogen-bond acceptors (Lipinski definition) is 4. The SMILES string of the molecule is CCOC(Cc1ccc(OCCN(CCCCCC(C)(F)F)C(=O)NCCc2ccccc2)cc1)C(=O)O. The molecule has 9 heteroatoms. The van der Waals surface area contributed by atoms with Crippen LogP contribution in [0.4, 0.5) is 13.6 Å². The number of nitrogens with zero attached hydrogens (tertiary/aromatic N) is 1. The lowest BCUT2D eigenvalue weighted by Gasteiger charge is -2.23. The number of benzene rings is 2. The molecule has 2 rings (SSSR count). The summed E-state index contributed by atoms with van der Waals surface area (Å²) in [6.45, 7) is 4.53. The molecule has 0 radical (unpaired) electrons. The molecule has 0 aliphatic carbocycles. The fourth-order valence-corrected chi connectivity index (χ4v) is 3.93. The highest BCUT2D eigenvalue weighted by Gasteiger charge is 2.20. The van der Waals surface area contributed by atoms with E-state index >= 15 is 0 Å². The molecule has 0 heterocycles. The summed E-state index contributed by atoms with van der Waals surface area (Å²) in [5.41, 5.74) is 1.94. The van der Waals surface area contributed by atoms with E-state index in [4.69, 9.17) is 9.47 Å². The van der Waals surface area contributed by atoms with Gasteiger partial charge in [-0.15, -0.1) is 0 Å². The first-order valence-electron chi connectivity index (χ1n) is 13.2. The van der Waals surface area contributed by atoms with Crippen molar-refractivity contribution in [2.24, 2.45) is 0 Å². The zero-order valence-corrected chi connectivity index (χ0v) is 22.3. The van der Waals surface area contributed by atoms with Gasteiger partial charge in [-0.3, -0.25) is 0 Å². The molecule has 2 N–H and O–H groups in total. The van der Waals surface area contributed by atoms with Gasteiger partial charge in [-0.2, -0.15) is 0 Å². The van der Waals surface area contributed by atoms with Crippen LogP contribution in [0.2, 0.25) is 0 Å². The van der Waals surface area contributed by atoms with E-state index < -0.39 is 18.0 Å². The predicted molar refractivity (Wildman–Crippen MR) is 143 cm³/mol. The van der Waals surface area contributed by atoms with Gasteiger partial charge in [0.25, 0.3) is 0 Å². The number of halogens is 2. The number of alkyl halides is 2. The van der Waals surface area contributed by atoms with Gasteiger partial charge < -0.3 is 24.8 Å². The van der Waals surface area contributed by atoms with Crippen LogP contribution in [-0.4, -0.2) is 66.9 Å². The molecule has 1 atom stereocenters. The summed E-state index contributed by atoms with van der Waals surface area (Å²) in [5, 5.41) is 12.2. The number of unbranched alkanes of at least 4 members (excludes halogenated alkanes) is 2. The van der Waals surface area contributed by atoms with Gasteiger partial charge in [0.1, 0.15) is 12.4 Å². The Kier molecular flexibility index (Phi) is 13.6. The summed E-state index contributed by atoms with van der Waals surface area (Å²) in [6, 6.07) is 16.8. The third-order valence-electron chi connectivity index (χ3n) is 5.98. The molecule has 0 fully saturated rings. The van der Waals surface area contributed by atoms with E-state index in [2.05, 4.69) is 5.32 Å². The van der Waals surface area contributed by atoms with E-state index in [-0.39, 0.29) is 25.5 Å². The minimum Gasteiger partial charge on any atom is -0.492 e. The van der Waals surface area contributed by atoms with Crippen LogP contribution in [0.1, 0.15) is 50.7 Å². The largest absolute Gasteiger partial charge is 0.492 e. The summed E-state index contributed by atoms with van der Waals surface area (Å²) in [5.74, 6) is -3.07. The molecule has 2 aromatic rings. The number of carbonyl (C=O) groups excluding carboxylic acids is 1. The van der Waals surface area contributed by atoms with E-state index in [0.717, 1.165) is 18.1 Å². The van der Waals surface area contributed by atoms with Gasteiger partial charge in [-0.05, 0) is 56.4 Å². The number of urea groups is 1. The summed E-state index contributed by atoms with van der Waals surface area (Å²) in [7, 11) is 0. The van der Waals surface area contributed by atoms with Gasteiger partial charge in [-0.25, -0.2) is 18.4 Å². The second-order valence-electron chi connectivity index (χ2n) is 9.31. The normalized spacial score (nSPS) is 12.1. The van der Waals surface area contributed by atoms with Crippen LogP contribution < -0.4 is 10.1 Å². The number of amides is 2. The minimum atomic E-state index is -2.67. The molecule has 0 saturated carbocycles. The van der Waals surface area contributed by atoms with Gasteiger partial charge in [0.2, 0.25) is 5.92 Å². The molecule has 210 valence electrons. The molecular formula is C29H40F2N2O5. The first-order chi connectivity index (χ1) is 18.2. The Morgan fingerprint density at radius 2 is 1.71 bits per heavy atom. The average molecular weight is 535 g/mol. The lowest BCUT2D eigenvalue weighted by atomic mass is 10.1. The van der Waals surface area contributed by atoms with Crippen LogP contribution in [0.5, 0.6) is 5.75 Å². The fourth-order valence-electron chi connectivity index (χ4n) is 3.93. The van der Waals surface area contributed by atoms with Crippen LogP contribution in [0, 0.1) is 0 Å². The standard InChI is InChI=1S/C29H40F2N2O5/c1-3-37-26(27(34)35)22-24-12-14-25(15-13-24)38-21-20-33(19-9-5-8-17-29(2,30)31)28(36)32-18-16-23-10-6-4-7-11-23/h4,6-7,10-15,26H,3,5,8-9,16-22H2,1-2H3,(H,32,36)(H,34,35). The molecule has 0 saturated heterocycles. The van der Waals surface area contributed by atoms with Crippen LogP contribution in [0.15, 0.2) is 54.6 Å². The van der Waals surface area contributed by atoms with Crippen LogP contribution in [0.3, 0.4) is 0 Å². The number of rotatable bonds is 18. The van der Waals surface area contributed by atoms with E-state index in [9.17, 15) is 23.5 Å². The van der Waals surface area contributed by atoms with Crippen molar-refractivity contribution in [1.82, 2.24) is 10.2 Å². The Balaban J connectivity index is 1.85. The van der Waals surface area contributed by atoms with Crippen molar-refractivity contribution in [2.75, 3.05) is 32.8 Å². The Labute approximate surface area is 224 Å². The Hall–Kier alpha value is -3.20. The molecule has 0 spiro atoms. The molecular weight excluding hydrogens is 494 g/mol. The van der Waals surface area contributed by atoms with E-state index in [0.29, 0.717) is 57.7 Å². The minimum absolute atomic E-state index is 0.160. The van der Waals surface area contributed by atoms with Crippen molar-refractivity contribution in [1.29, 1.82) is 0 Å². The van der Waals surface area contributed by atoms with Crippen molar-refractivity contribution >= 4 is 12.0 Å². The maximum atomic E-state index is 13.1. The maximum absolute atomic E-state index is 13.1. The number of ether oxygens (including phenoxy) is 2. The van der Waals surface area contributed by atoms with Gasteiger partial charge in [0.15, 0.2) is 6.10 Å². The third kappa shape index (κ3) is 12.9. The summed E-state index contributed by atoms with van der Waals surface area (Å²) < 4.78 is 37.2. The molecule has 0 aliphatic rings. The Morgan fingerprint density at radius 3 is 2.34 bits per heavy atom. The third-order valence-corrected chi connectivity index (χ3v) is 5.98. The average Bonchev–Trinajstić information content (AvgIpc) is 2.88. The first kappa shape index (κ1) is 31.0. The lowest BCUT2D eigenvalue weighted by molar-refractivity contribution is -0.149. The Morgan fingerprint density at radius 1 is 1.00 bits per heavy atom. The summed E-state index contributed by atoms with van der Waals surface area (Å²) in [4.78, 5) is 25.8. The molecule has 2 aromatic carbocycles. The fraction of sp³-hybridized carbons (Fsp3) is 0.517. The number of nitrogens with one attached hydrogen (secondary N) is 1. The molecule has 0 aromatic heterocycles. The smallest absolute Gasteiger partial charge is 0.333 e. The number of carboxylic acids is 1. The predicted octanol–water partition coefficient (Wildman–Crippen LogP) is 5.57. The number of carboxylic acid groups (broad SMARTS) is 1. The van der Waals surface area contributed by atoms with Crippen LogP contribution >= 0.6 is 0 Å². The molecule has 7 nitrogen and oxygen atoms in total. The van der Waals surface area contributed by atoms with Crippen molar-refractivity contribution in [3.05, 3.63) is 65.7 Å². The van der Waals surface area contributed by atoms with Gasteiger partial charge >= 0.3 is 12.0 Å². The number of aliphatic carboxylic acids is 1. The molecule has 1 unspecified atom stereocenters. The molecule has 2 amide bonds. The van der Waals surface area contributed by atoms with Crippen molar-refractivity contribution in [3.8, 4) is 5.75 Å². The van der Waals surface area contributed by atoms with Crippen LogP contribution in [-0.2, 0) is 22.4 Å². The quantitative estimate of drug-likeness (QED) is 0.244. The second kappa shape index (κ2) is 16.6. The molecule has 0 bridgehead atoms. The number of carbonyl (C=O) groups is 2. The number of hydrogen-bond donors (Lipinski definition) is 2. The van der Waals surface area contributed by atoms with Gasteiger partial charge in [0.05, 0.1) is 6.54 Å². The lowest BCUT2D eigenvalue weighted by Crippen LogP contribution is -2.43. The summed E-state index contributed by atoms with van der Waals surface area (Å²) in [6.07, 6.45) is 1.55. The monoisotopic (exact) mass is 534 g/mol. The van der Waals surface area contributed by atoms with Gasteiger partial charge in [0, 0.05) is 32.5 Å². The highest BCUT2D eigenvalue weighted by Crippen LogP contribution is 2.20. The summed E-state index contributed by atoms with van der Waals surface area (Å²) >= 11 is 0. The van der Waals surface area contributed by atoms with E-state index in [1.54, 1.807) is 36.1 Å². The topological polar surface area (TPSA) is 88.1 Å². The van der Waals surface area contributed by atoms with Crippen molar-refractivity contribution < 1.29 is 33.0 Å². The maximum Gasteiger partial charge on any atom is 0.333 e. The highest BCUT2D eigenvalue weighted by atomic mass is 19.3. The molecule has 38 heavy (non-hydrogen) atoms. The second-order valence-corrected chi connectivity index (χ2v) is 9.31. The first-order valence-corrected chi connectivity index (χ1v) is 13.2. The zero-order chi connectivity index (χ0) is 27.8. The van der Waals surface area contributed by atoms with Gasteiger partial charge in [-0.1, -0.05) is 48.9 Å².